The van der Waals surface area contributed by atoms with Crippen molar-refractivity contribution >= 4 is 5.91 Å². The third-order valence-electron chi connectivity index (χ3n) is 3.53. The Hall–Kier alpha value is -2.44. The number of rotatable bonds is 5. The van der Waals surface area contributed by atoms with E-state index in [1.165, 1.54) is 4.68 Å². The number of fused-ring (bicyclic) bond motifs is 1. The van der Waals surface area contributed by atoms with E-state index in [9.17, 15) is 9.59 Å². The van der Waals surface area contributed by atoms with Crippen LogP contribution < -0.4 is 10.9 Å². The molecule has 2 heterocycles. The Morgan fingerprint density at radius 2 is 2.29 bits per heavy atom. The molecule has 1 amide bonds. The Balaban J connectivity index is 1.54. The zero-order chi connectivity index (χ0) is 14.7. The highest BCUT2D eigenvalue weighted by atomic mass is 16.2. The van der Waals surface area contributed by atoms with Crippen molar-refractivity contribution in [2.24, 2.45) is 0 Å². The summed E-state index contributed by atoms with van der Waals surface area (Å²) in [5.41, 5.74) is 1.98. The zero-order valence-electron chi connectivity index (χ0n) is 11.7. The highest BCUT2D eigenvalue weighted by molar-refractivity contribution is 5.75. The number of carbonyl (C=O) groups excluding carboxylic acids is 1. The lowest BCUT2D eigenvalue weighted by Crippen LogP contribution is -2.34. The molecule has 0 radical (unpaired) electrons. The number of hydrogen-bond donors (Lipinski definition) is 1. The molecule has 0 saturated heterocycles. The predicted octanol–water partition coefficient (Wildman–Crippen LogP) is -0.255. The van der Waals surface area contributed by atoms with Gasteiger partial charge < -0.3 is 5.32 Å². The van der Waals surface area contributed by atoms with Gasteiger partial charge in [0.25, 0.3) is 5.56 Å². The molecule has 7 heteroatoms. The minimum atomic E-state index is -0.132. The van der Waals surface area contributed by atoms with Gasteiger partial charge in [-0.2, -0.15) is 10.2 Å². The van der Waals surface area contributed by atoms with Crippen LogP contribution in [0.5, 0.6) is 0 Å². The van der Waals surface area contributed by atoms with E-state index < -0.39 is 0 Å². The topological polar surface area (TPSA) is 81.8 Å². The van der Waals surface area contributed by atoms with E-state index in [1.54, 1.807) is 29.2 Å². The van der Waals surface area contributed by atoms with Crippen molar-refractivity contribution in [2.45, 2.75) is 32.4 Å². The number of nitrogens with zero attached hydrogens (tertiary/aromatic N) is 4. The molecule has 1 aliphatic rings. The maximum atomic E-state index is 11.9. The average Bonchev–Trinajstić information content (AvgIpc) is 3.10. The molecule has 0 fully saturated rings. The molecule has 21 heavy (non-hydrogen) atoms. The van der Waals surface area contributed by atoms with Gasteiger partial charge in [0.15, 0.2) is 0 Å². The lowest BCUT2D eigenvalue weighted by molar-refractivity contribution is -0.121. The quantitative estimate of drug-likeness (QED) is 0.822. The summed E-state index contributed by atoms with van der Waals surface area (Å²) < 4.78 is 2.98. The van der Waals surface area contributed by atoms with Crippen molar-refractivity contribution in [3.8, 4) is 0 Å². The first-order valence-electron chi connectivity index (χ1n) is 7.06. The summed E-state index contributed by atoms with van der Waals surface area (Å²) in [6.45, 7) is 0.947. The summed E-state index contributed by atoms with van der Waals surface area (Å²) in [6.07, 6.45) is 6.29. The molecular formula is C14H17N5O2. The maximum absolute atomic E-state index is 11.9. The first-order valence-corrected chi connectivity index (χ1v) is 7.06. The number of aryl methyl sites for hydroxylation is 2. The Kier molecular flexibility index (Phi) is 3.81. The monoisotopic (exact) mass is 287 g/mol. The summed E-state index contributed by atoms with van der Waals surface area (Å²) >= 11 is 0. The summed E-state index contributed by atoms with van der Waals surface area (Å²) in [5, 5.41) is 11.1. The van der Waals surface area contributed by atoms with Gasteiger partial charge >= 0.3 is 0 Å². The van der Waals surface area contributed by atoms with Crippen molar-refractivity contribution < 1.29 is 4.79 Å². The Morgan fingerprint density at radius 1 is 1.38 bits per heavy atom. The van der Waals surface area contributed by atoms with Crippen LogP contribution in [0.3, 0.4) is 0 Å². The molecule has 7 nitrogen and oxygen atoms in total. The van der Waals surface area contributed by atoms with Gasteiger partial charge in [0, 0.05) is 25.0 Å². The second kappa shape index (κ2) is 5.90. The van der Waals surface area contributed by atoms with Crippen LogP contribution in [0.4, 0.5) is 0 Å². The summed E-state index contributed by atoms with van der Waals surface area (Å²) in [4.78, 5) is 23.6. The molecule has 1 aliphatic carbocycles. The molecule has 0 bridgehead atoms. The van der Waals surface area contributed by atoms with Gasteiger partial charge in [-0.1, -0.05) is 0 Å². The van der Waals surface area contributed by atoms with E-state index in [-0.39, 0.29) is 18.0 Å². The van der Waals surface area contributed by atoms with Crippen molar-refractivity contribution in [1.29, 1.82) is 0 Å². The molecule has 0 unspecified atom stereocenters. The van der Waals surface area contributed by atoms with Crippen LogP contribution in [0.25, 0.3) is 0 Å². The van der Waals surface area contributed by atoms with Gasteiger partial charge in [0.05, 0.1) is 12.2 Å². The van der Waals surface area contributed by atoms with Crippen molar-refractivity contribution in [1.82, 2.24) is 24.9 Å². The smallest absolute Gasteiger partial charge is 0.267 e. The van der Waals surface area contributed by atoms with Gasteiger partial charge in [-0.05, 0) is 30.9 Å². The van der Waals surface area contributed by atoms with Gasteiger partial charge in [0.1, 0.15) is 6.54 Å². The van der Waals surface area contributed by atoms with Crippen molar-refractivity contribution in [3.05, 3.63) is 46.1 Å². The number of aromatic nitrogens is 4. The molecule has 0 aliphatic heterocycles. The third-order valence-corrected chi connectivity index (χ3v) is 3.53. The average molecular weight is 287 g/mol. The van der Waals surface area contributed by atoms with E-state index in [1.807, 2.05) is 0 Å². The van der Waals surface area contributed by atoms with Gasteiger partial charge in [-0.15, -0.1) is 0 Å². The fourth-order valence-corrected chi connectivity index (χ4v) is 2.50. The minimum absolute atomic E-state index is 0.100. The molecule has 0 saturated carbocycles. The largest absolute Gasteiger partial charge is 0.353 e. The van der Waals surface area contributed by atoms with Crippen molar-refractivity contribution in [3.63, 3.8) is 0 Å². The van der Waals surface area contributed by atoms with Crippen LogP contribution in [-0.2, 0) is 30.7 Å². The maximum Gasteiger partial charge on any atom is 0.267 e. The Labute approximate surface area is 121 Å². The Morgan fingerprint density at radius 3 is 3.10 bits per heavy atom. The third kappa shape index (κ3) is 3.18. The number of carbonyl (C=O) groups is 1. The van der Waals surface area contributed by atoms with E-state index in [4.69, 9.17) is 0 Å². The first-order chi connectivity index (χ1) is 10.2. The van der Waals surface area contributed by atoms with E-state index >= 15 is 0 Å². The summed E-state index contributed by atoms with van der Waals surface area (Å²) in [6, 6.07) is 3.43. The highest BCUT2D eigenvalue weighted by Crippen LogP contribution is 2.16. The van der Waals surface area contributed by atoms with Gasteiger partial charge in [-0.3, -0.25) is 14.3 Å². The van der Waals surface area contributed by atoms with Crippen LogP contribution >= 0.6 is 0 Å². The van der Waals surface area contributed by atoms with Crippen LogP contribution in [0.2, 0.25) is 0 Å². The normalized spacial score (nSPS) is 13.1. The molecule has 2 aromatic rings. The SMILES string of the molecule is O=C(Cn1cccn1)NCCn1nc2c(cc1=O)CCC2. The predicted molar refractivity (Wildman–Crippen MR) is 75.8 cm³/mol. The first kappa shape index (κ1) is 13.5. The van der Waals surface area contributed by atoms with Gasteiger partial charge in [0.2, 0.25) is 5.91 Å². The van der Waals surface area contributed by atoms with Crippen LogP contribution in [0.1, 0.15) is 17.7 Å². The summed E-state index contributed by atoms with van der Waals surface area (Å²) in [7, 11) is 0. The number of nitrogens with one attached hydrogen (secondary N) is 1. The standard InChI is InChI=1S/C14H17N5O2/c20-13(10-18-7-2-5-16-18)15-6-8-19-14(21)9-11-3-1-4-12(11)17-19/h2,5,7,9H,1,3-4,6,8,10H2,(H,15,20). The molecular weight excluding hydrogens is 270 g/mol. The van der Waals surface area contributed by atoms with E-state index in [2.05, 4.69) is 15.5 Å². The second-order valence-electron chi connectivity index (χ2n) is 5.08. The number of hydrogen-bond acceptors (Lipinski definition) is 4. The van der Waals surface area contributed by atoms with E-state index in [0.29, 0.717) is 13.1 Å². The lowest BCUT2D eigenvalue weighted by Gasteiger charge is -2.08. The summed E-state index contributed by atoms with van der Waals surface area (Å²) in [5.74, 6) is -0.132. The zero-order valence-corrected chi connectivity index (χ0v) is 11.7. The highest BCUT2D eigenvalue weighted by Gasteiger charge is 2.14. The van der Waals surface area contributed by atoms with E-state index in [0.717, 1.165) is 30.5 Å². The molecule has 0 atom stereocenters. The molecule has 2 aromatic heterocycles. The van der Waals surface area contributed by atoms with Crippen molar-refractivity contribution in [2.75, 3.05) is 6.54 Å². The second-order valence-corrected chi connectivity index (χ2v) is 5.08. The fourth-order valence-electron chi connectivity index (χ4n) is 2.50. The van der Waals surface area contributed by atoms with Crippen LogP contribution in [0.15, 0.2) is 29.3 Å². The lowest BCUT2D eigenvalue weighted by atomic mass is 10.2. The number of amides is 1. The van der Waals surface area contributed by atoms with Gasteiger partial charge in [-0.25, -0.2) is 4.68 Å². The molecule has 0 spiro atoms. The van der Waals surface area contributed by atoms with Crippen LogP contribution in [0, 0.1) is 0 Å². The Bertz CT molecular complexity index is 690. The van der Waals surface area contributed by atoms with Crippen LogP contribution in [-0.4, -0.2) is 32.0 Å². The molecule has 110 valence electrons. The molecule has 0 aromatic carbocycles. The molecule has 3 rings (SSSR count). The fraction of sp³-hybridized carbons (Fsp3) is 0.429. The minimum Gasteiger partial charge on any atom is -0.353 e. The molecule has 1 N–H and O–H groups in total.